The molecule has 7 nitrogen and oxygen atoms in total. The molecular weight excluding hydrogens is 419 g/mol. The molecule has 1 amide bonds. The average Bonchev–Trinajstić information content (AvgIpc) is 3.21. The molecule has 0 saturated carbocycles. The van der Waals surface area contributed by atoms with Crippen LogP contribution in [-0.2, 0) is 11.3 Å². The van der Waals surface area contributed by atoms with Crippen LogP contribution in [0.2, 0.25) is 0 Å². The highest BCUT2D eigenvalue weighted by molar-refractivity contribution is 14.0. The van der Waals surface area contributed by atoms with Crippen LogP contribution in [0, 0.1) is 5.92 Å². The molecular formula is C16H29IN6O. The lowest BCUT2D eigenvalue weighted by atomic mass is 10.2. The van der Waals surface area contributed by atoms with E-state index in [0.717, 1.165) is 45.0 Å². The molecule has 1 fully saturated rings. The number of nitrogens with one attached hydrogen (secondary N) is 2. The van der Waals surface area contributed by atoms with E-state index in [4.69, 9.17) is 0 Å². The minimum Gasteiger partial charge on any atom is -0.356 e. The third-order valence-corrected chi connectivity index (χ3v) is 3.97. The van der Waals surface area contributed by atoms with Gasteiger partial charge in [-0.1, -0.05) is 13.8 Å². The maximum absolute atomic E-state index is 12.0. The fourth-order valence-electron chi connectivity index (χ4n) is 2.71. The maximum atomic E-state index is 12.0. The zero-order chi connectivity index (χ0) is 16.7. The van der Waals surface area contributed by atoms with Crippen molar-refractivity contribution < 1.29 is 4.79 Å². The predicted octanol–water partition coefficient (Wildman–Crippen LogP) is 1.31. The van der Waals surface area contributed by atoms with Gasteiger partial charge in [0.1, 0.15) is 0 Å². The van der Waals surface area contributed by atoms with E-state index < -0.39 is 0 Å². The van der Waals surface area contributed by atoms with Gasteiger partial charge in [0.2, 0.25) is 5.91 Å². The van der Waals surface area contributed by atoms with Crippen molar-refractivity contribution in [3.8, 4) is 0 Å². The Kier molecular flexibility index (Phi) is 9.09. The summed E-state index contributed by atoms with van der Waals surface area (Å²) >= 11 is 0. The van der Waals surface area contributed by atoms with Crippen LogP contribution in [0.15, 0.2) is 23.5 Å². The Morgan fingerprint density at radius 1 is 1.46 bits per heavy atom. The van der Waals surface area contributed by atoms with Gasteiger partial charge in [0.15, 0.2) is 5.96 Å². The quantitative estimate of drug-likeness (QED) is 0.298. The molecule has 1 unspecified atom stereocenters. The van der Waals surface area contributed by atoms with E-state index in [1.54, 1.807) is 13.2 Å². The Morgan fingerprint density at radius 3 is 2.88 bits per heavy atom. The molecule has 0 bridgehead atoms. The number of carbonyl (C=O) groups excluding carboxylic acids is 1. The summed E-state index contributed by atoms with van der Waals surface area (Å²) in [5.41, 5.74) is 0. The molecule has 2 heterocycles. The number of likely N-dealkylation sites (tertiary alicyclic amines) is 1. The summed E-state index contributed by atoms with van der Waals surface area (Å²) in [7, 11) is 1.77. The van der Waals surface area contributed by atoms with Crippen LogP contribution >= 0.6 is 24.0 Å². The second-order valence-corrected chi connectivity index (χ2v) is 6.19. The molecule has 0 aliphatic carbocycles. The highest BCUT2D eigenvalue weighted by Crippen LogP contribution is 2.12. The Balaban J connectivity index is 0.00000288. The second kappa shape index (κ2) is 10.5. The van der Waals surface area contributed by atoms with Crippen molar-refractivity contribution in [1.29, 1.82) is 0 Å². The number of hydrogen-bond donors (Lipinski definition) is 2. The third-order valence-electron chi connectivity index (χ3n) is 3.97. The first-order valence-corrected chi connectivity index (χ1v) is 8.33. The molecule has 2 rings (SSSR count). The number of aromatic nitrogens is 2. The van der Waals surface area contributed by atoms with E-state index in [2.05, 4.69) is 20.7 Å². The highest BCUT2D eigenvalue weighted by atomic mass is 127. The van der Waals surface area contributed by atoms with Gasteiger partial charge in [0, 0.05) is 57.6 Å². The fraction of sp³-hybridized carbons (Fsp3) is 0.688. The summed E-state index contributed by atoms with van der Waals surface area (Å²) in [6.45, 7) is 7.19. The monoisotopic (exact) mass is 448 g/mol. The summed E-state index contributed by atoms with van der Waals surface area (Å²) in [5.74, 6) is 1.10. The number of guanidine groups is 1. The lowest BCUT2D eigenvalue weighted by Crippen LogP contribution is -2.45. The molecule has 1 aromatic heterocycles. The third kappa shape index (κ3) is 6.29. The van der Waals surface area contributed by atoms with Gasteiger partial charge in [0.05, 0.1) is 0 Å². The van der Waals surface area contributed by atoms with Gasteiger partial charge < -0.3 is 15.5 Å². The summed E-state index contributed by atoms with van der Waals surface area (Å²) in [4.78, 5) is 18.2. The Hall–Kier alpha value is -1.32. The van der Waals surface area contributed by atoms with E-state index in [9.17, 15) is 4.79 Å². The first-order chi connectivity index (χ1) is 11.1. The van der Waals surface area contributed by atoms with Gasteiger partial charge in [-0.3, -0.25) is 14.5 Å². The number of aryl methyl sites for hydroxylation is 1. The van der Waals surface area contributed by atoms with Crippen LogP contribution in [-0.4, -0.2) is 59.3 Å². The van der Waals surface area contributed by atoms with Crippen LogP contribution in [0.4, 0.5) is 0 Å². The molecule has 1 atom stereocenters. The molecule has 1 aliphatic heterocycles. The molecule has 136 valence electrons. The zero-order valence-corrected chi connectivity index (χ0v) is 17.1. The number of halogens is 1. The Bertz CT molecular complexity index is 517. The number of amides is 1. The maximum Gasteiger partial charge on any atom is 0.225 e. The summed E-state index contributed by atoms with van der Waals surface area (Å²) in [6, 6.07) is 2.20. The molecule has 1 aliphatic rings. The largest absolute Gasteiger partial charge is 0.356 e. The summed E-state index contributed by atoms with van der Waals surface area (Å²) < 4.78 is 1.92. The lowest BCUT2D eigenvalue weighted by molar-refractivity contribution is -0.133. The van der Waals surface area contributed by atoms with Crippen LogP contribution in [0.25, 0.3) is 0 Å². The Morgan fingerprint density at radius 2 is 2.25 bits per heavy atom. The number of hydrogen-bond acceptors (Lipinski definition) is 3. The van der Waals surface area contributed by atoms with Crippen molar-refractivity contribution in [3.63, 3.8) is 0 Å². The summed E-state index contributed by atoms with van der Waals surface area (Å²) in [5, 5.41) is 10.9. The van der Waals surface area contributed by atoms with Gasteiger partial charge in [0.25, 0.3) is 0 Å². The van der Waals surface area contributed by atoms with E-state index in [0.29, 0.717) is 0 Å². The minimum atomic E-state index is 0. The van der Waals surface area contributed by atoms with E-state index >= 15 is 0 Å². The van der Waals surface area contributed by atoms with E-state index in [1.807, 2.05) is 35.7 Å². The zero-order valence-electron chi connectivity index (χ0n) is 14.7. The average molecular weight is 448 g/mol. The normalized spacial score (nSPS) is 17.8. The van der Waals surface area contributed by atoms with Crippen LogP contribution in [0.3, 0.4) is 0 Å². The van der Waals surface area contributed by atoms with Crippen molar-refractivity contribution in [2.75, 3.05) is 26.7 Å². The molecule has 24 heavy (non-hydrogen) atoms. The molecule has 0 aromatic carbocycles. The van der Waals surface area contributed by atoms with Crippen molar-refractivity contribution in [2.24, 2.45) is 10.9 Å². The van der Waals surface area contributed by atoms with E-state index in [1.165, 1.54) is 0 Å². The molecule has 2 N–H and O–H groups in total. The van der Waals surface area contributed by atoms with Crippen LogP contribution < -0.4 is 10.6 Å². The van der Waals surface area contributed by atoms with E-state index in [-0.39, 0.29) is 41.8 Å². The molecule has 1 saturated heterocycles. The van der Waals surface area contributed by atoms with Gasteiger partial charge in [-0.15, -0.1) is 24.0 Å². The standard InChI is InChI=1S/C16H28N6O.HI/c1-13(2)15(23)21-11-6-14(12-21)20-16(17-3)18-7-4-9-22-10-5-8-19-22;/h5,8,10,13-14H,4,6-7,9,11-12H2,1-3H3,(H2,17,18,20);1H. The number of nitrogens with zero attached hydrogens (tertiary/aromatic N) is 4. The van der Waals surface area contributed by atoms with Crippen molar-refractivity contribution in [3.05, 3.63) is 18.5 Å². The SMILES string of the molecule is CN=C(NCCCn1cccn1)NC1CCN(C(=O)C(C)C)C1.I. The molecule has 8 heteroatoms. The van der Waals surface area contributed by atoms with Crippen molar-refractivity contribution >= 4 is 35.8 Å². The van der Waals surface area contributed by atoms with Crippen molar-refractivity contribution in [1.82, 2.24) is 25.3 Å². The Labute approximate surface area is 161 Å². The first-order valence-electron chi connectivity index (χ1n) is 8.33. The van der Waals surface area contributed by atoms with Gasteiger partial charge in [-0.2, -0.15) is 5.10 Å². The van der Waals surface area contributed by atoms with Crippen molar-refractivity contribution in [2.45, 2.75) is 39.3 Å². The smallest absolute Gasteiger partial charge is 0.225 e. The lowest BCUT2D eigenvalue weighted by Gasteiger charge is -2.20. The van der Waals surface area contributed by atoms with Crippen LogP contribution in [0.5, 0.6) is 0 Å². The minimum absolute atomic E-state index is 0. The van der Waals surface area contributed by atoms with Crippen LogP contribution in [0.1, 0.15) is 26.7 Å². The number of rotatable bonds is 6. The number of carbonyl (C=O) groups is 1. The second-order valence-electron chi connectivity index (χ2n) is 6.19. The topological polar surface area (TPSA) is 74.6 Å². The molecule has 1 aromatic rings. The highest BCUT2D eigenvalue weighted by Gasteiger charge is 2.27. The van der Waals surface area contributed by atoms with Gasteiger partial charge in [-0.05, 0) is 18.9 Å². The van der Waals surface area contributed by atoms with Gasteiger partial charge in [-0.25, -0.2) is 0 Å². The molecule has 0 radical (unpaired) electrons. The first kappa shape index (κ1) is 20.7. The fourth-order valence-corrected chi connectivity index (χ4v) is 2.71. The van der Waals surface area contributed by atoms with Gasteiger partial charge >= 0.3 is 0 Å². The summed E-state index contributed by atoms with van der Waals surface area (Å²) in [6.07, 6.45) is 5.70. The molecule has 0 spiro atoms. The predicted molar refractivity (Wildman–Crippen MR) is 107 cm³/mol. The number of aliphatic imine (C=N–C) groups is 1.